The summed E-state index contributed by atoms with van der Waals surface area (Å²) in [4.78, 5) is 15.3. The highest BCUT2D eigenvalue weighted by atomic mass is 32.1. The molecule has 0 spiro atoms. The SMILES string of the molecule is BN1C(=O)/C(=C/C(C)C)COCN(C)C1=S. The van der Waals surface area contributed by atoms with Gasteiger partial charge in [-0.2, -0.15) is 0 Å². The van der Waals surface area contributed by atoms with Crippen LogP contribution in [0.1, 0.15) is 13.8 Å². The lowest BCUT2D eigenvalue weighted by Crippen LogP contribution is -2.47. The van der Waals surface area contributed by atoms with E-state index < -0.39 is 0 Å². The zero-order valence-corrected chi connectivity index (χ0v) is 11.0. The van der Waals surface area contributed by atoms with Crippen molar-refractivity contribution in [1.82, 2.24) is 9.71 Å². The Morgan fingerprint density at radius 2 is 2.19 bits per heavy atom. The lowest BCUT2D eigenvalue weighted by Gasteiger charge is -2.30. The van der Waals surface area contributed by atoms with E-state index in [1.54, 1.807) is 12.9 Å². The quantitative estimate of drug-likeness (QED) is 0.371. The van der Waals surface area contributed by atoms with Gasteiger partial charge >= 0.3 is 0 Å². The van der Waals surface area contributed by atoms with Crippen molar-refractivity contribution in [3.05, 3.63) is 11.6 Å². The van der Waals surface area contributed by atoms with Gasteiger partial charge in [0.05, 0.1) is 6.61 Å². The largest absolute Gasteiger partial charge is 0.356 e. The summed E-state index contributed by atoms with van der Waals surface area (Å²) in [5.41, 5.74) is 0.674. The van der Waals surface area contributed by atoms with Crippen molar-refractivity contribution in [3.63, 3.8) is 0 Å². The summed E-state index contributed by atoms with van der Waals surface area (Å²) >= 11 is 5.17. The van der Waals surface area contributed by atoms with Gasteiger partial charge in [-0.15, -0.1) is 0 Å². The molecule has 4 nitrogen and oxygen atoms in total. The van der Waals surface area contributed by atoms with Gasteiger partial charge in [0.15, 0.2) is 5.11 Å². The highest BCUT2D eigenvalue weighted by Crippen LogP contribution is 2.11. The Balaban J connectivity index is 2.92. The number of hydrogen-bond donors (Lipinski definition) is 0. The van der Waals surface area contributed by atoms with E-state index in [1.165, 1.54) is 4.81 Å². The van der Waals surface area contributed by atoms with E-state index in [0.717, 1.165) is 0 Å². The van der Waals surface area contributed by atoms with Crippen molar-refractivity contribution in [2.75, 3.05) is 20.4 Å². The molecular formula is C10H17BN2O2S. The molecule has 1 aliphatic heterocycles. The zero-order valence-electron chi connectivity index (χ0n) is 10.2. The number of carbonyl (C=O) groups excluding carboxylic acids is 1. The van der Waals surface area contributed by atoms with Gasteiger partial charge in [-0.3, -0.25) is 4.79 Å². The minimum Gasteiger partial charge on any atom is -0.356 e. The van der Waals surface area contributed by atoms with Crippen LogP contribution in [-0.2, 0) is 9.53 Å². The third-order valence-electron chi connectivity index (χ3n) is 2.27. The fraction of sp³-hybridized carbons (Fsp3) is 0.600. The Labute approximate surface area is 103 Å². The maximum absolute atomic E-state index is 12.1. The maximum atomic E-state index is 12.1. The molecule has 1 fully saturated rings. The predicted molar refractivity (Wildman–Crippen MR) is 69.5 cm³/mol. The van der Waals surface area contributed by atoms with Crippen molar-refractivity contribution in [3.8, 4) is 0 Å². The first kappa shape index (κ1) is 13.2. The summed E-state index contributed by atoms with van der Waals surface area (Å²) in [6.45, 7) is 4.81. The van der Waals surface area contributed by atoms with Crippen LogP contribution in [0.25, 0.3) is 0 Å². The molecule has 0 bridgehead atoms. The van der Waals surface area contributed by atoms with Crippen LogP contribution in [0.5, 0.6) is 0 Å². The van der Waals surface area contributed by atoms with Gasteiger partial charge in [0, 0.05) is 12.6 Å². The van der Waals surface area contributed by atoms with E-state index >= 15 is 0 Å². The first-order valence-electron chi connectivity index (χ1n) is 5.25. The maximum Gasteiger partial charge on any atom is 0.245 e. The van der Waals surface area contributed by atoms with Gasteiger partial charge in [0.2, 0.25) is 13.9 Å². The second-order valence-electron chi connectivity index (χ2n) is 4.26. The molecule has 0 aromatic heterocycles. The van der Waals surface area contributed by atoms with Crippen molar-refractivity contribution in [1.29, 1.82) is 0 Å². The van der Waals surface area contributed by atoms with Crippen LogP contribution in [0.4, 0.5) is 0 Å². The summed E-state index contributed by atoms with van der Waals surface area (Å²) in [5, 5.41) is 0.486. The van der Waals surface area contributed by atoms with Gasteiger partial charge in [-0.05, 0) is 18.1 Å². The Hall–Kier alpha value is -0.875. The summed E-state index contributed by atoms with van der Waals surface area (Å²) < 4.78 is 5.41. The van der Waals surface area contributed by atoms with Crippen LogP contribution in [0.3, 0.4) is 0 Å². The van der Waals surface area contributed by atoms with Gasteiger partial charge in [0.1, 0.15) is 6.73 Å². The van der Waals surface area contributed by atoms with Crippen molar-refractivity contribution in [2.24, 2.45) is 5.92 Å². The number of amides is 1. The fourth-order valence-electron chi connectivity index (χ4n) is 1.49. The van der Waals surface area contributed by atoms with Crippen LogP contribution < -0.4 is 0 Å². The van der Waals surface area contributed by atoms with E-state index in [4.69, 9.17) is 17.0 Å². The van der Waals surface area contributed by atoms with Crippen LogP contribution in [0, 0.1) is 5.92 Å². The number of allylic oxidation sites excluding steroid dienone is 1. The van der Waals surface area contributed by atoms with E-state index in [1.807, 2.05) is 27.0 Å². The number of ether oxygens (including phenoxy) is 1. The predicted octanol–water partition coefficient (Wildman–Crippen LogP) is 0.150. The van der Waals surface area contributed by atoms with Gasteiger partial charge in [0.25, 0.3) is 0 Å². The minimum absolute atomic E-state index is 0.0785. The monoisotopic (exact) mass is 240 g/mol. The fourth-order valence-corrected chi connectivity index (χ4v) is 1.63. The van der Waals surface area contributed by atoms with Crippen molar-refractivity contribution in [2.45, 2.75) is 13.8 Å². The van der Waals surface area contributed by atoms with E-state index in [0.29, 0.717) is 29.9 Å². The Kier molecular flexibility index (Phi) is 4.50. The van der Waals surface area contributed by atoms with Gasteiger partial charge in [-0.25, -0.2) is 0 Å². The molecule has 1 rings (SSSR count). The molecule has 0 aromatic rings. The average molecular weight is 240 g/mol. The highest BCUT2D eigenvalue weighted by Gasteiger charge is 2.23. The summed E-state index contributed by atoms with van der Waals surface area (Å²) in [7, 11) is 3.50. The lowest BCUT2D eigenvalue weighted by molar-refractivity contribution is -0.122. The first-order chi connectivity index (χ1) is 7.43. The number of thiocarbonyl (C=S) groups is 1. The Morgan fingerprint density at radius 1 is 1.56 bits per heavy atom. The molecule has 0 atom stereocenters. The first-order valence-corrected chi connectivity index (χ1v) is 5.66. The molecule has 0 aromatic carbocycles. The second-order valence-corrected chi connectivity index (χ2v) is 4.62. The Bertz CT molecular complexity index is 331. The molecular weight excluding hydrogens is 223 g/mol. The third kappa shape index (κ3) is 3.06. The standard InChI is InChI=1S/C10H17BN2O2S/c1-7(2)4-8-5-15-6-12(3)10(16)13(11)9(8)14/h4,7H,5-6,11H2,1-3H3/b8-4+. The van der Waals surface area contributed by atoms with Crippen LogP contribution in [0.15, 0.2) is 11.6 Å². The van der Waals surface area contributed by atoms with Gasteiger partial charge in [-0.1, -0.05) is 19.9 Å². The molecule has 1 amide bonds. The molecule has 6 heteroatoms. The number of rotatable bonds is 1. The molecule has 0 saturated carbocycles. The Morgan fingerprint density at radius 3 is 2.75 bits per heavy atom. The summed E-state index contributed by atoms with van der Waals surface area (Å²) in [5.74, 6) is 0.243. The molecule has 0 radical (unpaired) electrons. The number of hydrogen-bond acceptors (Lipinski definition) is 3. The lowest BCUT2D eigenvalue weighted by atomic mass is 10.1. The van der Waals surface area contributed by atoms with E-state index in [9.17, 15) is 4.79 Å². The highest BCUT2D eigenvalue weighted by molar-refractivity contribution is 7.80. The summed E-state index contributed by atoms with van der Waals surface area (Å²) in [6.07, 6.45) is 1.92. The molecule has 16 heavy (non-hydrogen) atoms. The van der Waals surface area contributed by atoms with Crippen LogP contribution in [0.2, 0.25) is 0 Å². The topological polar surface area (TPSA) is 32.8 Å². The molecule has 0 unspecified atom stereocenters. The minimum atomic E-state index is -0.0785. The molecule has 1 aliphatic rings. The second kappa shape index (κ2) is 5.45. The van der Waals surface area contributed by atoms with Crippen LogP contribution in [-0.4, -0.2) is 49.1 Å². The van der Waals surface area contributed by atoms with Crippen LogP contribution >= 0.6 is 12.2 Å². The number of carbonyl (C=O) groups is 1. The molecule has 88 valence electrons. The number of nitrogens with zero attached hydrogens (tertiary/aromatic N) is 2. The zero-order chi connectivity index (χ0) is 12.3. The summed E-state index contributed by atoms with van der Waals surface area (Å²) in [6, 6.07) is 0. The molecule has 1 saturated heterocycles. The van der Waals surface area contributed by atoms with E-state index in [2.05, 4.69) is 0 Å². The average Bonchev–Trinajstić information content (AvgIpc) is 2.23. The van der Waals surface area contributed by atoms with Gasteiger partial charge < -0.3 is 14.4 Å². The molecule has 0 N–H and O–H groups in total. The smallest absolute Gasteiger partial charge is 0.245 e. The molecule has 0 aliphatic carbocycles. The third-order valence-corrected chi connectivity index (χ3v) is 2.86. The van der Waals surface area contributed by atoms with Crippen molar-refractivity contribution < 1.29 is 9.53 Å². The normalized spacial score (nSPS) is 21.6. The molecule has 1 heterocycles. The van der Waals surface area contributed by atoms with Crippen molar-refractivity contribution >= 4 is 31.2 Å². The van der Waals surface area contributed by atoms with E-state index in [-0.39, 0.29) is 5.91 Å².